The molecule has 1 aliphatic heterocycles. The minimum Gasteiger partial charge on any atom is -0.497 e. The number of rotatable bonds is 4. The summed E-state index contributed by atoms with van der Waals surface area (Å²) in [6, 6.07) is 5.16. The molecule has 0 fully saturated rings. The highest BCUT2D eigenvalue weighted by atomic mass is 19.1. The molecule has 4 heteroatoms. The van der Waals surface area contributed by atoms with E-state index in [-0.39, 0.29) is 11.9 Å². The van der Waals surface area contributed by atoms with E-state index >= 15 is 0 Å². The molecule has 1 aromatic carbocycles. The average Bonchev–Trinajstić information content (AvgIpc) is 2.63. The summed E-state index contributed by atoms with van der Waals surface area (Å²) in [6.45, 7) is 7.60. The summed E-state index contributed by atoms with van der Waals surface area (Å²) < 4.78 is 18.8. The molecule has 0 aromatic heterocycles. The SMILES string of the molecule is C#CC(=O)N1[C@@H](C)Cc2cc(OC)ccc2[C@@H]1C(=C)/C=C\C(F)=C/C. The van der Waals surface area contributed by atoms with Crippen molar-refractivity contribution >= 4 is 5.91 Å². The number of allylic oxidation sites excluding steroid dienone is 3. The number of carbonyl (C=O) groups is 1. The number of hydrogen-bond donors (Lipinski definition) is 0. The van der Waals surface area contributed by atoms with Crippen molar-refractivity contribution in [3.8, 4) is 18.1 Å². The van der Waals surface area contributed by atoms with Crippen LogP contribution < -0.4 is 4.74 Å². The van der Waals surface area contributed by atoms with E-state index in [0.29, 0.717) is 12.0 Å². The number of terminal acetylenes is 1. The largest absolute Gasteiger partial charge is 0.497 e. The molecule has 0 saturated carbocycles. The van der Waals surface area contributed by atoms with Crippen molar-refractivity contribution in [1.29, 1.82) is 0 Å². The number of benzene rings is 1. The predicted octanol–water partition coefficient (Wildman–Crippen LogP) is 4.13. The lowest BCUT2D eigenvalue weighted by atomic mass is 9.85. The zero-order valence-electron chi connectivity index (χ0n) is 14.8. The summed E-state index contributed by atoms with van der Waals surface area (Å²) in [5.74, 6) is 2.17. The van der Waals surface area contributed by atoms with Crippen molar-refractivity contribution in [3.63, 3.8) is 0 Å². The van der Waals surface area contributed by atoms with Gasteiger partial charge in [-0.2, -0.15) is 0 Å². The van der Waals surface area contributed by atoms with Gasteiger partial charge in [0.05, 0.1) is 13.2 Å². The van der Waals surface area contributed by atoms with Crippen LogP contribution in [0, 0.1) is 12.3 Å². The van der Waals surface area contributed by atoms with Crippen LogP contribution in [0.25, 0.3) is 0 Å². The standard InChI is InChI=1S/C21H22FNO2/c1-6-17(22)9-8-14(3)21-19-11-10-18(25-5)13-16(19)12-15(4)23(21)20(24)7-2/h2,6,8-11,13,15,21H,3,12H2,1,4-5H3/b9-8-,17-6+/t15-,21-/m0/s1. The fraction of sp³-hybridized carbons (Fsp3) is 0.286. The van der Waals surface area contributed by atoms with Gasteiger partial charge in [-0.15, -0.1) is 6.42 Å². The van der Waals surface area contributed by atoms with Crippen LogP contribution in [0.5, 0.6) is 5.75 Å². The highest BCUT2D eigenvalue weighted by Crippen LogP contribution is 2.39. The third kappa shape index (κ3) is 3.83. The molecule has 1 amide bonds. The maximum absolute atomic E-state index is 13.5. The zero-order valence-corrected chi connectivity index (χ0v) is 14.8. The molecule has 2 rings (SSSR count). The van der Waals surface area contributed by atoms with Gasteiger partial charge in [0.1, 0.15) is 11.6 Å². The molecule has 1 aromatic rings. The van der Waals surface area contributed by atoms with Gasteiger partial charge in [0.15, 0.2) is 0 Å². The maximum Gasteiger partial charge on any atom is 0.299 e. The minimum atomic E-state index is -0.436. The van der Waals surface area contributed by atoms with Crippen LogP contribution in [-0.4, -0.2) is 24.0 Å². The van der Waals surface area contributed by atoms with Gasteiger partial charge >= 0.3 is 0 Å². The van der Waals surface area contributed by atoms with Gasteiger partial charge in [0.2, 0.25) is 0 Å². The molecule has 1 aliphatic rings. The number of methoxy groups -OCH3 is 1. The number of amides is 1. The molecule has 25 heavy (non-hydrogen) atoms. The van der Waals surface area contributed by atoms with E-state index < -0.39 is 11.9 Å². The molecule has 0 aliphatic carbocycles. The van der Waals surface area contributed by atoms with E-state index in [2.05, 4.69) is 12.5 Å². The second-order valence-electron chi connectivity index (χ2n) is 5.96. The number of halogens is 1. The molecular weight excluding hydrogens is 317 g/mol. The number of fused-ring (bicyclic) bond motifs is 1. The number of ether oxygens (including phenoxy) is 1. The average molecular weight is 339 g/mol. The smallest absolute Gasteiger partial charge is 0.299 e. The van der Waals surface area contributed by atoms with Crippen LogP contribution in [0.2, 0.25) is 0 Å². The Kier molecular flexibility index (Phi) is 5.82. The minimum absolute atomic E-state index is 0.107. The third-order valence-corrected chi connectivity index (χ3v) is 4.35. The fourth-order valence-corrected chi connectivity index (χ4v) is 3.12. The molecule has 1 heterocycles. The van der Waals surface area contributed by atoms with E-state index in [1.165, 1.54) is 12.2 Å². The lowest BCUT2D eigenvalue weighted by Crippen LogP contribution is -2.45. The summed E-state index contributed by atoms with van der Waals surface area (Å²) in [5, 5.41) is 0. The second kappa shape index (κ2) is 7.85. The normalized spacial score (nSPS) is 20.1. The molecular formula is C21H22FNO2. The summed E-state index contributed by atoms with van der Waals surface area (Å²) in [4.78, 5) is 14.0. The third-order valence-electron chi connectivity index (χ3n) is 4.35. The van der Waals surface area contributed by atoms with Crippen LogP contribution in [0.15, 0.2) is 54.4 Å². The molecule has 0 spiro atoms. The maximum atomic E-state index is 13.5. The number of hydrogen-bond acceptors (Lipinski definition) is 2. The first kappa shape index (κ1) is 18.5. The van der Waals surface area contributed by atoms with Crippen molar-refractivity contribution in [3.05, 3.63) is 65.5 Å². The first-order valence-electron chi connectivity index (χ1n) is 8.07. The van der Waals surface area contributed by atoms with Crippen molar-refractivity contribution in [2.75, 3.05) is 7.11 Å². The van der Waals surface area contributed by atoms with E-state index in [0.717, 1.165) is 16.9 Å². The monoisotopic (exact) mass is 339 g/mol. The molecule has 2 atom stereocenters. The number of nitrogens with zero attached hydrogens (tertiary/aromatic N) is 1. The van der Waals surface area contributed by atoms with Crippen molar-refractivity contribution in [1.82, 2.24) is 4.90 Å². The van der Waals surface area contributed by atoms with Crippen molar-refractivity contribution in [2.45, 2.75) is 32.4 Å². The second-order valence-corrected chi connectivity index (χ2v) is 5.96. The lowest BCUT2D eigenvalue weighted by molar-refractivity contribution is -0.129. The topological polar surface area (TPSA) is 29.5 Å². The first-order valence-corrected chi connectivity index (χ1v) is 8.07. The Labute approximate surface area is 148 Å². The molecule has 0 unspecified atom stereocenters. The Bertz CT molecular complexity index is 786. The van der Waals surface area contributed by atoms with Gasteiger partial charge in [-0.05, 0) is 61.1 Å². The Morgan fingerprint density at radius 1 is 1.48 bits per heavy atom. The van der Waals surface area contributed by atoms with Crippen LogP contribution in [0.1, 0.15) is 31.0 Å². The Morgan fingerprint density at radius 3 is 2.80 bits per heavy atom. The molecule has 0 bridgehead atoms. The summed E-state index contributed by atoms with van der Waals surface area (Å²) in [5.41, 5.74) is 2.59. The highest BCUT2D eigenvalue weighted by molar-refractivity contribution is 5.94. The van der Waals surface area contributed by atoms with E-state index in [1.807, 2.05) is 25.1 Å². The summed E-state index contributed by atoms with van der Waals surface area (Å²) in [6.07, 6.45) is 10.3. The molecule has 3 nitrogen and oxygen atoms in total. The Hall–Kier alpha value is -2.80. The quantitative estimate of drug-likeness (QED) is 0.610. The van der Waals surface area contributed by atoms with Gasteiger partial charge in [0.25, 0.3) is 5.91 Å². The van der Waals surface area contributed by atoms with Gasteiger partial charge in [-0.3, -0.25) is 4.79 Å². The van der Waals surface area contributed by atoms with Crippen LogP contribution in [0.3, 0.4) is 0 Å². The zero-order chi connectivity index (χ0) is 18.6. The van der Waals surface area contributed by atoms with Crippen LogP contribution in [-0.2, 0) is 11.2 Å². The molecule has 0 radical (unpaired) electrons. The van der Waals surface area contributed by atoms with Gasteiger partial charge < -0.3 is 9.64 Å². The van der Waals surface area contributed by atoms with E-state index in [4.69, 9.17) is 11.2 Å². The molecule has 130 valence electrons. The fourth-order valence-electron chi connectivity index (χ4n) is 3.12. The highest BCUT2D eigenvalue weighted by Gasteiger charge is 2.35. The molecule has 0 N–H and O–H groups in total. The van der Waals surface area contributed by atoms with Crippen molar-refractivity contribution < 1.29 is 13.9 Å². The van der Waals surface area contributed by atoms with Gasteiger partial charge in [0, 0.05) is 6.04 Å². The van der Waals surface area contributed by atoms with Crippen molar-refractivity contribution in [2.24, 2.45) is 0 Å². The lowest BCUT2D eigenvalue weighted by Gasteiger charge is -2.41. The van der Waals surface area contributed by atoms with Gasteiger partial charge in [-0.25, -0.2) is 4.39 Å². The van der Waals surface area contributed by atoms with E-state index in [1.54, 1.807) is 25.0 Å². The Morgan fingerprint density at radius 2 is 2.20 bits per heavy atom. The van der Waals surface area contributed by atoms with Gasteiger partial charge in [-0.1, -0.05) is 24.8 Å². The van der Waals surface area contributed by atoms with E-state index in [9.17, 15) is 9.18 Å². The predicted molar refractivity (Wildman–Crippen MR) is 97.7 cm³/mol. The van der Waals surface area contributed by atoms with Crippen LogP contribution in [0.4, 0.5) is 4.39 Å². The number of carbonyl (C=O) groups excluding carboxylic acids is 1. The summed E-state index contributed by atoms with van der Waals surface area (Å²) >= 11 is 0. The first-order chi connectivity index (χ1) is 11.9. The van der Waals surface area contributed by atoms with Crippen LogP contribution >= 0.6 is 0 Å². The molecule has 0 saturated heterocycles. The summed E-state index contributed by atoms with van der Waals surface area (Å²) in [7, 11) is 1.61. The Balaban J connectivity index is 2.53.